The third kappa shape index (κ3) is 5.24. The number of hydrogen-bond donors (Lipinski definition) is 1. The lowest BCUT2D eigenvalue weighted by Crippen LogP contribution is -2.39. The largest absolute Gasteiger partial charge is 0.337 e. The molecule has 1 N–H and O–H groups in total. The highest BCUT2D eigenvalue weighted by Gasteiger charge is 2.26. The highest BCUT2D eigenvalue weighted by Crippen LogP contribution is 2.24. The summed E-state index contributed by atoms with van der Waals surface area (Å²) in [4.78, 5) is 16.7. The lowest BCUT2D eigenvalue weighted by Gasteiger charge is -2.32. The molecule has 3 rings (SSSR count). The summed E-state index contributed by atoms with van der Waals surface area (Å²) in [5.74, 6) is -0.993. The summed E-state index contributed by atoms with van der Waals surface area (Å²) < 4.78 is 40.2. The highest BCUT2D eigenvalue weighted by molar-refractivity contribution is 7.89. The van der Waals surface area contributed by atoms with Crippen molar-refractivity contribution in [2.45, 2.75) is 30.2 Å². The number of amides is 1. The van der Waals surface area contributed by atoms with Gasteiger partial charge >= 0.3 is 0 Å². The second kappa shape index (κ2) is 9.68. The van der Waals surface area contributed by atoms with Crippen LogP contribution in [0.5, 0.6) is 0 Å². The van der Waals surface area contributed by atoms with Gasteiger partial charge < -0.3 is 9.80 Å². The van der Waals surface area contributed by atoms with Crippen molar-refractivity contribution in [1.82, 2.24) is 14.5 Å². The number of halogens is 1. The number of benzene rings is 2. The van der Waals surface area contributed by atoms with Crippen molar-refractivity contribution in [3.63, 3.8) is 0 Å². The Hall–Kier alpha value is -2.29. The molecule has 0 bridgehead atoms. The molecule has 1 atom stereocenters. The maximum Gasteiger partial charge on any atom is 0.243 e. The number of nitrogens with zero attached hydrogens (tertiary/aromatic N) is 2. The first-order valence-corrected chi connectivity index (χ1v) is 11.5. The predicted molar refractivity (Wildman–Crippen MR) is 114 cm³/mol. The number of hydrogen-bond acceptors (Lipinski definition) is 4. The lowest BCUT2D eigenvalue weighted by atomic mass is 10.0. The maximum atomic E-state index is 14.0. The van der Waals surface area contributed by atoms with E-state index in [2.05, 4.69) is 9.62 Å². The number of carbonyl (C=O) groups is 1. The molecule has 0 aromatic heterocycles. The zero-order valence-electron chi connectivity index (χ0n) is 17.3. The van der Waals surface area contributed by atoms with E-state index in [1.54, 1.807) is 11.9 Å². The van der Waals surface area contributed by atoms with Gasteiger partial charge in [-0.05, 0) is 56.2 Å². The summed E-state index contributed by atoms with van der Waals surface area (Å²) in [7, 11) is -0.945. The van der Waals surface area contributed by atoms with Crippen molar-refractivity contribution in [3.05, 3.63) is 65.5 Å². The Balaban J connectivity index is 1.81. The molecule has 8 heteroatoms. The lowest BCUT2D eigenvalue weighted by molar-refractivity contribution is -0.131. The Kier molecular flexibility index (Phi) is 7.23. The van der Waals surface area contributed by atoms with Crippen LogP contribution in [0.3, 0.4) is 0 Å². The summed E-state index contributed by atoms with van der Waals surface area (Å²) in [5.41, 5.74) is 1.51. The monoisotopic (exact) mass is 433 g/mol. The molecule has 1 amide bonds. The first-order valence-electron chi connectivity index (χ1n) is 10.1. The van der Waals surface area contributed by atoms with Crippen molar-refractivity contribution in [1.29, 1.82) is 0 Å². The molecule has 30 heavy (non-hydrogen) atoms. The van der Waals surface area contributed by atoms with Gasteiger partial charge in [0.25, 0.3) is 0 Å². The Bertz CT molecular complexity index is 976. The van der Waals surface area contributed by atoms with E-state index in [-0.39, 0.29) is 18.4 Å². The first-order chi connectivity index (χ1) is 14.3. The van der Waals surface area contributed by atoms with Crippen molar-refractivity contribution in [3.8, 4) is 0 Å². The third-order valence-electron chi connectivity index (χ3n) is 5.58. The summed E-state index contributed by atoms with van der Waals surface area (Å²) in [6.45, 7) is 2.79. The van der Waals surface area contributed by atoms with Gasteiger partial charge in [-0.1, -0.05) is 36.4 Å². The molecule has 0 spiro atoms. The molecule has 1 saturated heterocycles. The molecule has 2 aromatic rings. The van der Waals surface area contributed by atoms with Crippen molar-refractivity contribution < 1.29 is 17.6 Å². The molecule has 6 nitrogen and oxygen atoms in total. The van der Waals surface area contributed by atoms with Gasteiger partial charge in [-0.25, -0.2) is 17.5 Å². The molecule has 0 unspecified atom stereocenters. The van der Waals surface area contributed by atoms with E-state index >= 15 is 0 Å². The van der Waals surface area contributed by atoms with Crippen LogP contribution in [0.1, 0.15) is 30.0 Å². The second-order valence-electron chi connectivity index (χ2n) is 7.59. The Morgan fingerprint density at radius 3 is 2.47 bits per heavy atom. The Morgan fingerprint density at radius 2 is 1.83 bits per heavy atom. The van der Waals surface area contributed by atoms with E-state index < -0.39 is 20.7 Å². The molecular formula is C22H28FN3O3S. The Morgan fingerprint density at radius 1 is 1.17 bits per heavy atom. The topological polar surface area (TPSA) is 69.7 Å². The van der Waals surface area contributed by atoms with Gasteiger partial charge in [-0.15, -0.1) is 0 Å². The zero-order chi connectivity index (χ0) is 21.7. The summed E-state index contributed by atoms with van der Waals surface area (Å²) in [6, 6.07) is 13.5. The average Bonchev–Trinajstić information content (AvgIpc) is 3.26. The summed E-state index contributed by atoms with van der Waals surface area (Å²) >= 11 is 0. The molecule has 0 saturated carbocycles. The van der Waals surface area contributed by atoms with Crippen LogP contribution < -0.4 is 4.72 Å². The minimum atomic E-state index is -3.94. The van der Waals surface area contributed by atoms with E-state index in [0.29, 0.717) is 5.56 Å². The second-order valence-corrected chi connectivity index (χ2v) is 9.44. The fourth-order valence-electron chi connectivity index (χ4n) is 3.78. The van der Waals surface area contributed by atoms with Gasteiger partial charge in [-0.3, -0.25) is 4.79 Å². The molecule has 2 aromatic carbocycles. The van der Waals surface area contributed by atoms with Crippen LogP contribution in [-0.2, 0) is 21.2 Å². The maximum absolute atomic E-state index is 14.0. The normalized spacial score (nSPS) is 15.8. The van der Waals surface area contributed by atoms with Crippen LogP contribution in [0.15, 0.2) is 53.4 Å². The van der Waals surface area contributed by atoms with Crippen LogP contribution in [0.25, 0.3) is 0 Å². The molecule has 1 heterocycles. The standard InChI is InChI=1S/C22H28FN3O3S/c1-24-30(28,29)21-14-17(10-11-19(21)23)15-22(27)25(2)20(16-26-12-6-7-13-26)18-8-4-3-5-9-18/h3-5,8-11,14,20,24H,6-7,12-13,15-16H2,1-2H3/t20-/m1/s1. The molecule has 0 radical (unpaired) electrons. The van der Waals surface area contributed by atoms with Gasteiger partial charge in [0.1, 0.15) is 10.7 Å². The van der Waals surface area contributed by atoms with Gasteiger partial charge in [0.15, 0.2) is 0 Å². The number of rotatable bonds is 8. The zero-order valence-corrected chi connectivity index (χ0v) is 18.2. The van der Waals surface area contributed by atoms with Crippen molar-refractivity contribution >= 4 is 15.9 Å². The Labute approximate surface area is 177 Å². The van der Waals surface area contributed by atoms with E-state index in [1.165, 1.54) is 19.2 Å². The minimum Gasteiger partial charge on any atom is -0.337 e. The fraction of sp³-hybridized carbons (Fsp3) is 0.409. The number of sulfonamides is 1. The van der Waals surface area contributed by atoms with Gasteiger partial charge in [-0.2, -0.15) is 0 Å². The predicted octanol–water partition coefficient (Wildman–Crippen LogP) is 2.57. The number of likely N-dealkylation sites (N-methyl/N-ethyl adjacent to an activating group) is 1. The van der Waals surface area contributed by atoms with E-state index in [4.69, 9.17) is 0 Å². The van der Waals surface area contributed by atoms with Crippen molar-refractivity contribution in [2.24, 2.45) is 0 Å². The van der Waals surface area contributed by atoms with Gasteiger partial charge in [0.05, 0.1) is 12.5 Å². The molecule has 1 aliphatic rings. The number of nitrogens with one attached hydrogen (secondary N) is 1. The molecule has 162 valence electrons. The summed E-state index contributed by atoms with van der Waals surface area (Å²) in [5, 5.41) is 0. The fourth-order valence-corrected chi connectivity index (χ4v) is 4.63. The van der Waals surface area contributed by atoms with Crippen LogP contribution in [-0.4, -0.2) is 57.9 Å². The van der Waals surface area contributed by atoms with Gasteiger partial charge in [0, 0.05) is 13.6 Å². The summed E-state index contributed by atoms with van der Waals surface area (Å²) in [6.07, 6.45) is 2.32. The number of carbonyl (C=O) groups excluding carboxylic acids is 1. The molecule has 1 aliphatic heterocycles. The average molecular weight is 434 g/mol. The first kappa shape index (κ1) is 22.4. The van der Waals surface area contributed by atoms with Crippen LogP contribution in [0.4, 0.5) is 4.39 Å². The number of likely N-dealkylation sites (tertiary alicyclic amines) is 1. The third-order valence-corrected chi connectivity index (χ3v) is 7.01. The van der Waals surface area contributed by atoms with E-state index in [1.807, 2.05) is 30.3 Å². The SMILES string of the molecule is CNS(=O)(=O)c1cc(CC(=O)N(C)[C@H](CN2CCCC2)c2ccccc2)ccc1F. The van der Waals surface area contributed by atoms with Crippen molar-refractivity contribution in [2.75, 3.05) is 33.7 Å². The van der Waals surface area contributed by atoms with Crippen LogP contribution >= 0.6 is 0 Å². The van der Waals surface area contributed by atoms with E-state index in [9.17, 15) is 17.6 Å². The van der Waals surface area contributed by atoms with Crippen LogP contribution in [0.2, 0.25) is 0 Å². The van der Waals surface area contributed by atoms with E-state index in [0.717, 1.165) is 44.1 Å². The molecule has 1 fully saturated rings. The molecule has 0 aliphatic carbocycles. The molecular weight excluding hydrogens is 405 g/mol. The van der Waals surface area contributed by atoms with Gasteiger partial charge in [0.2, 0.25) is 15.9 Å². The minimum absolute atomic E-state index is 0.00759. The van der Waals surface area contributed by atoms with Crippen LogP contribution in [0, 0.1) is 5.82 Å². The highest BCUT2D eigenvalue weighted by atomic mass is 32.2. The quantitative estimate of drug-likeness (QED) is 0.695. The smallest absolute Gasteiger partial charge is 0.243 e.